The smallest absolute Gasteiger partial charge is 0.144 e. The van der Waals surface area contributed by atoms with E-state index in [1.54, 1.807) is 0 Å². The first-order valence-electron chi connectivity index (χ1n) is 6.46. The van der Waals surface area contributed by atoms with E-state index in [1.165, 1.54) is 6.42 Å². The Hall–Kier alpha value is 1.03. The molecule has 2 heterocycles. The molecule has 1 spiro atoms. The third-order valence-corrected chi connectivity index (χ3v) is 18.7. The fraction of sp³-hybridized carbons (Fsp3) is 0.875. The predicted molar refractivity (Wildman–Crippen MR) is 96.6 cm³/mol. The molecular weight excluding hydrogens is 333 g/mol. The Kier molecular flexibility index (Phi) is 5.78. The summed E-state index contributed by atoms with van der Waals surface area (Å²) in [4.78, 5) is 11.2. The lowest BCUT2D eigenvalue weighted by Gasteiger charge is -2.41. The average molecular weight is 359 g/mol. The summed E-state index contributed by atoms with van der Waals surface area (Å²) in [5.41, 5.74) is 0. The monoisotopic (exact) mass is 359 g/mol. The number of nitrogens with one attached hydrogen (secondary N) is 6. The van der Waals surface area contributed by atoms with Gasteiger partial charge in [-0.25, -0.2) is 0 Å². The zero-order chi connectivity index (χ0) is 14.9. The Morgan fingerprint density at radius 1 is 1.15 bits per heavy atom. The van der Waals surface area contributed by atoms with Crippen LogP contribution in [0.4, 0.5) is 0 Å². The molecule has 2 aliphatic rings. The lowest BCUT2D eigenvalue weighted by atomic mass is 10.5. The lowest BCUT2D eigenvalue weighted by Crippen LogP contribution is -2.55. The standard InChI is InChI=1S/C8H26N8P3S/c1-9-17(10-2)13-18(11-3,12-4)15-19(14-17)16(5)7-6-8-20-19/h10-15H,1,6-8H2,2-5H3/q+3. The van der Waals surface area contributed by atoms with Crippen molar-refractivity contribution in [3.63, 3.8) is 0 Å². The van der Waals surface area contributed by atoms with Gasteiger partial charge >= 0.3 is 22.6 Å². The molecule has 2 aliphatic heterocycles. The van der Waals surface area contributed by atoms with Crippen LogP contribution >= 0.6 is 34.0 Å². The van der Waals surface area contributed by atoms with E-state index in [4.69, 9.17) is 0 Å². The van der Waals surface area contributed by atoms with E-state index in [1.807, 2.05) is 32.5 Å². The van der Waals surface area contributed by atoms with Crippen molar-refractivity contribution in [2.45, 2.75) is 6.42 Å². The average Bonchev–Trinajstić information content (AvgIpc) is 2.50. The zero-order valence-electron chi connectivity index (χ0n) is 12.5. The number of hydrogen-bond acceptors (Lipinski definition) is 9. The van der Waals surface area contributed by atoms with Gasteiger partial charge in [-0.3, -0.25) is 0 Å². The van der Waals surface area contributed by atoms with Crippen molar-refractivity contribution < 1.29 is 0 Å². The summed E-state index contributed by atoms with van der Waals surface area (Å²) in [6, 6.07) is 0. The first kappa shape index (κ1) is 17.4. The highest BCUT2D eigenvalue weighted by Crippen LogP contribution is 2.82. The Balaban J connectivity index is 2.40. The fourth-order valence-corrected chi connectivity index (χ4v) is 20.2. The molecule has 2 fully saturated rings. The largest absolute Gasteiger partial charge is 0.420 e. The molecule has 0 saturated carbocycles. The van der Waals surface area contributed by atoms with Crippen molar-refractivity contribution >= 4 is 40.7 Å². The molecule has 0 aromatic rings. The van der Waals surface area contributed by atoms with Gasteiger partial charge in [-0.1, -0.05) is 4.76 Å². The molecule has 2 atom stereocenters. The van der Waals surface area contributed by atoms with Crippen LogP contribution in [0.2, 0.25) is 0 Å². The number of rotatable bonds is 4. The topological polar surface area (TPSA) is 87.8 Å². The minimum absolute atomic E-state index is 1.09. The summed E-state index contributed by atoms with van der Waals surface area (Å²) < 4.78 is 6.82. The van der Waals surface area contributed by atoms with Gasteiger partial charge in [0.1, 0.15) is 0 Å². The van der Waals surface area contributed by atoms with Crippen molar-refractivity contribution in [2.24, 2.45) is 4.76 Å². The van der Waals surface area contributed by atoms with Crippen molar-refractivity contribution in [2.75, 3.05) is 40.5 Å². The van der Waals surface area contributed by atoms with Crippen LogP contribution in [-0.2, 0) is 0 Å². The maximum atomic E-state index is 4.40. The highest BCUT2D eigenvalue weighted by molar-refractivity contribution is 8.62. The van der Waals surface area contributed by atoms with E-state index in [-0.39, 0.29) is 0 Å². The van der Waals surface area contributed by atoms with Crippen LogP contribution in [0, 0.1) is 0 Å². The SMILES string of the molecule is C=N[P+]1(NC)N[P+](NC)(NC)N[P+]2(N1)SCCCN2C. The first-order valence-corrected chi connectivity index (χ1v) is 13.3. The van der Waals surface area contributed by atoms with Crippen molar-refractivity contribution in [1.29, 1.82) is 0 Å². The van der Waals surface area contributed by atoms with Crippen LogP contribution in [-0.4, -0.2) is 51.9 Å². The van der Waals surface area contributed by atoms with Crippen LogP contribution in [0.15, 0.2) is 4.76 Å². The zero-order valence-corrected chi connectivity index (χ0v) is 16.0. The van der Waals surface area contributed by atoms with Crippen molar-refractivity contribution in [3.05, 3.63) is 0 Å². The van der Waals surface area contributed by atoms with Gasteiger partial charge in [0.25, 0.3) is 0 Å². The molecule has 2 saturated heterocycles. The Morgan fingerprint density at radius 2 is 1.85 bits per heavy atom. The summed E-state index contributed by atoms with van der Waals surface area (Å²) in [7, 11) is 4.08. The summed E-state index contributed by atoms with van der Waals surface area (Å²) in [6.07, 6.45) is 1.22. The molecule has 0 aliphatic carbocycles. The number of hydrogen-bond donors (Lipinski definition) is 6. The van der Waals surface area contributed by atoms with E-state index >= 15 is 0 Å². The normalized spacial score (nSPS) is 38.0. The molecule has 0 aromatic heterocycles. The molecule has 0 aromatic carbocycles. The second-order valence-corrected chi connectivity index (χ2v) is 16.1. The summed E-state index contributed by atoms with van der Waals surface area (Å²) >= 11 is 1.98. The molecule has 12 heteroatoms. The molecule has 116 valence electrons. The van der Waals surface area contributed by atoms with Crippen molar-refractivity contribution in [1.82, 2.24) is 34.5 Å². The van der Waals surface area contributed by atoms with E-state index < -0.39 is 22.6 Å². The molecule has 0 radical (unpaired) electrons. The highest BCUT2D eigenvalue weighted by atomic mass is 32.7. The van der Waals surface area contributed by atoms with Crippen LogP contribution in [0.25, 0.3) is 0 Å². The van der Waals surface area contributed by atoms with Gasteiger partial charge in [0.2, 0.25) is 0 Å². The van der Waals surface area contributed by atoms with Crippen molar-refractivity contribution in [3.8, 4) is 0 Å². The fourth-order valence-electron chi connectivity index (χ4n) is 2.17. The third kappa shape index (κ3) is 3.05. The maximum Gasteiger partial charge on any atom is 0.420 e. The minimum Gasteiger partial charge on any atom is -0.144 e. The Labute approximate surface area is 127 Å². The summed E-state index contributed by atoms with van der Waals surface area (Å²) in [6.45, 7) is 3.17. The number of nitrogens with zero attached hydrogens (tertiary/aromatic N) is 2. The molecule has 2 unspecified atom stereocenters. The summed E-state index contributed by atoms with van der Waals surface area (Å²) in [5, 5.41) is 10.2. The molecule has 8 nitrogen and oxygen atoms in total. The van der Waals surface area contributed by atoms with Crippen LogP contribution in [0.5, 0.6) is 0 Å². The molecule has 20 heavy (non-hydrogen) atoms. The van der Waals surface area contributed by atoms with Crippen LogP contribution in [0.1, 0.15) is 6.42 Å². The van der Waals surface area contributed by atoms with Gasteiger partial charge in [-0.05, 0) is 6.42 Å². The minimum atomic E-state index is -2.07. The van der Waals surface area contributed by atoms with E-state index in [9.17, 15) is 0 Å². The summed E-state index contributed by atoms with van der Waals surface area (Å²) in [5.74, 6) is 1.16. The second kappa shape index (κ2) is 6.65. The molecule has 0 bridgehead atoms. The maximum absolute atomic E-state index is 4.40. The highest BCUT2D eigenvalue weighted by Gasteiger charge is 2.74. The van der Waals surface area contributed by atoms with E-state index in [0.717, 1.165) is 12.3 Å². The first-order chi connectivity index (χ1) is 9.49. The van der Waals surface area contributed by atoms with Crippen LogP contribution < -0.4 is 29.8 Å². The van der Waals surface area contributed by atoms with Crippen LogP contribution in [0.3, 0.4) is 0 Å². The van der Waals surface area contributed by atoms with E-state index in [0.29, 0.717) is 0 Å². The van der Waals surface area contributed by atoms with Gasteiger partial charge in [-0.15, -0.1) is 19.9 Å². The van der Waals surface area contributed by atoms with Gasteiger partial charge in [0.05, 0.1) is 11.4 Å². The molecular formula is C8H26N8P3S+3. The predicted octanol–water partition coefficient (Wildman–Crippen LogP) is 1.23. The quantitative estimate of drug-likeness (QED) is 0.330. The molecule has 2 rings (SSSR count). The van der Waals surface area contributed by atoms with Gasteiger partial charge < -0.3 is 0 Å². The Bertz CT molecular complexity index is 372. The van der Waals surface area contributed by atoms with Gasteiger partial charge in [0.15, 0.2) is 0 Å². The lowest BCUT2D eigenvalue weighted by molar-refractivity contribution is 0.527. The van der Waals surface area contributed by atoms with Gasteiger partial charge in [0, 0.05) is 61.8 Å². The molecule has 6 N–H and O–H groups in total. The Morgan fingerprint density at radius 3 is 2.35 bits per heavy atom. The second-order valence-electron chi connectivity index (χ2n) is 4.56. The molecule has 0 amide bonds. The van der Waals surface area contributed by atoms with Gasteiger partial charge in [-0.2, -0.15) is 0 Å². The third-order valence-electron chi connectivity index (χ3n) is 3.45. The van der Waals surface area contributed by atoms with E-state index in [2.05, 4.69) is 53.0 Å².